The molecule has 0 spiro atoms. The van der Waals surface area contributed by atoms with Gasteiger partial charge in [0.2, 0.25) is 11.9 Å². The number of piperazine rings is 1. The van der Waals surface area contributed by atoms with Crippen LogP contribution in [0.2, 0.25) is 0 Å². The molecule has 3 heterocycles. The first-order valence-corrected chi connectivity index (χ1v) is 13.3. The van der Waals surface area contributed by atoms with E-state index < -0.39 is 0 Å². The maximum atomic E-state index is 13.2. The van der Waals surface area contributed by atoms with Crippen LogP contribution in [-0.4, -0.2) is 56.1 Å². The van der Waals surface area contributed by atoms with Gasteiger partial charge in [0.25, 0.3) is 0 Å². The molecular weight excluding hydrogens is 424 g/mol. The molecule has 7 nitrogen and oxygen atoms in total. The highest BCUT2D eigenvalue weighted by Gasteiger charge is 2.35. The van der Waals surface area contributed by atoms with Gasteiger partial charge in [-0.2, -0.15) is 0 Å². The van der Waals surface area contributed by atoms with Crippen molar-refractivity contribution < 1.29 is 4.79 Å². The lowest BCUT2D eigenvalue weighted by atomic mass is 9.89. The molecule has 1 amide bonds. The quantitative estimate of drug-likeness (QED) is 0.558. The van der Waals surface area contributed by atoms with Gasteiger partial charge in [-0.05, 0) is 51.7 Å². The summed E-state index contributed by atoms with van der Waals surface area (Å²) in [4.78, 5) is 22.8. The number of carbonyl (C=O) groups excluding carboxylic acids is 1. The number of anilines is 1. The van der Waals surface area contributed by atoms with Crippen molar-refractivity contribution in [2.45, 2.75) is 83.6 Å². The SMILES string of the molecule is Cc1ccc2nc(N3CCN(C(=O)C4CCCC4)[C@@H](C)C3)n3c(C4CCCCC4)nnc3c2c1. The second-order valence-corrected chi connectivity index (χ2v) is 10.8. The van der Waals surface area contributed by atoms with Crippen LogP contribution in [0.3, 0.4) is 0 Å². The summed E-state index contributed by atoms with van der Waals surface area (Å²) in [6.45, 7) is 6.65. The van der Waals surface area contributed by atoms with Crippen LogP contribution in [0, 0.1) is 12.8 Å². The number of aromatic nitrogens is 4. The molecule has 2 aliphatic carbocycles. The minimum atomic E-state index is 0.169. The number of amides is 1. The lowest BCUT2D eigenvalue weighted by Gasteiger charge is -2.41. The molecule has 1 aliphatic heterocycles. The average molecular weight is 461 g/mol. The molecule has 3 fully saturated rings. The Hall–Kier alpha value is -2.70. The van der Waals surface area contributed by atoms with Crippen molar-refractivity contribution in [3.63, 3.8) is 0 Å². The Morgan fingerprint density at radius 3 is 2.50 bits per heavy atom. The Morgan fingerprint density at radius 2 is 1.74 bits per heavy atom. The highest BCUT2D eigenvalue weighted by atomic mass is 16.2. The van der Waals surface area contributed by atoms with Crippen LogP contribution in [0.1, 0.15) is 82.0 Å². The minimum Gasteiger partial charge on any atom is -0.338 e. The molecule has 3 aromatic rings. The van der Waals surface area contributed by atoms with E-state index in [4.69, 9.17) is 15.2 Å². The zero-order valence-corrected chi connectivity index (χ0v) is 20.5. The maximum Gasteiger partial charge on any atom is 0.226 e. The molecule has 180 valence electrons. The Balaban J connectivity index is 1.39. The standard InChI is InChI=1S/C27H36N6O/c1-18-12-13-23-22(16-18)25-30-29-24(20-8-4-3-5-9-20)33(25)27(28-23)31-14-15-32(19(2)17-31)26(34)21-10-6-7-11-21/h12-13,16,19-21H,3-11,14-15,17H2,1-2H3/t19-/m0/s1. The lowest BCUT2D eigenvalue weighted by Crippen LogP contribution is -2.55. The van der Waals surface area contributed by atoms with Crippen LogP contribution in [0.4, 0.5) is 5.95 Å². The van der Waals surface area contributed by atoms with Crippen LogP contribution in [-0.2, 0) is 4.79 Å². The van der Waals surface area contributed by atoms with Gasteiger partial charge < -0.3 is 9.80 Å². The Labute approximate surface area is 201 Å². The lowest BCUT2D eigenvalue weighted by molar-refractivity contribution is -0.137. The summed E-state index contributed by atoms with van der Waals surface area (Å²) in [6.07, 6.45) is 10.7. The van der Waals surface area contributed by atoms with E-state index in [0.717, 1.165) is 60.8 Å². The van der Waals surface area contributed by atoms with Crippen molar-refractivity contribution in [3.8, 4) is 0 Å². The molecule has 2 saturated carbocycles. The molecule has 1 saturated heterocycles. The Kier molecular flexibility index (Phi) is 5.66. The van der Waals surface area contributed by atoms with Gasteiger partial charge in [0.05, 0.1) is 5.52 Å². The molecule has 1 atom stereocenters. The van der Waals surface area contributed by atoms with Gasteiger partial charge in [-0.3, -0.25) is 4.79 Å². The number of fused-ring (bicyclic) bond motifs is 3. The summed E-state index contributed by atoms with van der Waals surface area (Å²) in [5, 5.41) is 10.5. The van der Waals surface area contributed by atoms with E-state index in [-0.39, 0.29) is 12.0 Å². The zero-order chi connectivity index (χ0) is 23.2. The van der Waals surface area contributed by atoms with Gasteiger partial charge in [-0.15, -0.1) is 10.2 Å². The first kappa shape index (κ1) is 21.8. The number of carbonyl (C=O) groups is 1. The fraction of sp³-hybridized carbons (Fsp3) is 0.630. The van der Waals surface area contributed by atoms with Gasteiger partial charge in [-0.1, -0.05) is 43.7 Å². The topological polar surface area (TPSA) is 66.6 Å². The largest absolute Gasteiger partial charge is 0.338 e. The summed E-state index contributed by atoms with van der Waals surface area (Å²) in [7, 11) is 0. The normalized spacial score (nSPS) is 22.8. The van der Waals surface area contributed by atoms with Gasteiger partial charge >= 0.3 is 0 Å². The second kappa shape index (κ2) is 8.82. The van der Waals surface area contributed by atoms with Crippen LogP contribution >= 0.6 is 0 Å². The minimum absolute atomic E-state index is 0.169. The molecule has 6 rings (SSSR count). The average Bonchev–Trinajstić information content (AvgIpc) is 3.55. The molecule has 0 radical (unpaired) electrons. The molecule has 7 heteroatoms. The molecule has 0 N–H and O–H groups in total. The fourth-order valence-corrected chi connectivity index (χ4v) is 6.46. The first-order chi connectivity index (χ1) is 16.6. The van der Waals surface area contributed by atoms with Gasteiger partial charge in [0.15, 0.2) is 5.65 Å². The van der Waals surface area contributed by atoms with E-state index in [9.17, 15) is 4.79 Å². The number of aryl methyl sites for hydroxylation is 1. The van der Waals surface area contributed by atoms with Crippen molar-refractivity contribution >= 4 is 28.4 Å². The highest BCUT2D eigenvalue weighted by Crippen LogP contribution is 2.35. The van der Waals surface area contributed by atoms with Gasteiger partial charge in [-0.25, -0.2) is 9.38 Å². The van der Waals surface area contributed by atoms with Crippen molar-refractivity contribution in [2.24, 2.45) is 5.92 Å². The third-order valence-electron chi connectivity index (χ3n) is 8.37. The van der Waals surface area contributed by atoms with Crippen LogP contribution in [0.25, 0.3) is 16.6 Å². The molecule has 0 bridgehead atoms. The van der Waals surface area contributed by atoms with E-state index in [1.54, 1.807) is 0 Å². The van der Waals surface area contributed by atoms with E-state index in [0.29, 0.717) is 11.8 Å². The Morgan fingerprint density at radius 1 is 0.971 bits per heavy atom. The van der Waals surface area contributed by atoms with Crippen molar-refractivity contribution in [2.75, 3.05) is 24.5 Å². The van der Waals surface area contributed by atoms with Crippen molar-refractivity contribution in [1.82, 2.24) is 24.5 Å². The summed E-state index contributed by atoms with van der Waals surface area (Å²) >= 11 is 0. The summed E-state index contributed by atoms with van der Waals surface area (Å²) in [5.74, 6) is 3.05. The van der Waals surface area contributed by atoms with E-state index >= 15 is 0 Å². The van der Waals surface area contributed by atoms with E-state index in [1.807, 2.05) is 0 Å². The van der Waals surface area contributed by atoms with Crippen molar-refractivity contribution in [1.29, 1.82) is 0 Å². The zero-order valence-electron chi connectivity index (χ0n) is 20.5. The predicted octanol–water partition coefficient (Wildman–Crippen LogP) is 4.86. The number of hydrogen-bond acceptors (Lipinski definition) is 5. The first-order valence-electron chi connectivity index (χ1n) is 13.3. The van der Waals surface area contributed by atoms with E-state index in [2.05, 4.69) is 46.2 Å². The Bertz CT molecular complexity index is 1210. The van der Waals surface area contributed by atoms with Crippen LogP contribution in [0.15, 0.2) is 18.2 Å². The van der Waals surface area contributed by atoms with Gasteiger partial charge in [0.1, 0.15) is 5.82 Å². The summed E-state index contributed by atoms with van der Waals surface area (Å²) in [5.41, 5.74) is 3.09. The molecule has 3 aliphatic rings. The number of benzene rings is 1. The predicted molar refractivity (Wildman–Crippen MR) is 134 cm³/mol. The molecule has 2 aromatic heterocycles. The van der Waals surface area contributed by atoms with Gasteiger partial charge in [0, 0.05) is 42.9 Å². The molecule has 0 unspecified atom stereocenters. The van der Waals surface area contributed by atoms with Crippen molar-refractivity contribution in [3.05, 3.63) is 29.6 Å². The van der Waals surface area contributed by atoms with Crippen LogP contribution in [0.5, 0.6) is 0 Å². The third-order valence-corrected chi connectivity index (χ3v) is 8.37. The maximum absolute atomic E-state index is 13.2. The molecular formula is C27H36N6O. The third kappa shape index (κ3) is 3.73. The van der Waals surface area contributed by atoms with Crippen LogP contribution < -0.4 is 4.90 Å². The summed E-state index contributed by atoms with van der Waals surface area (Å²) in [6, 6.07) is 6.57. The molecule has 1 aromatic carbocycles. The fourth-order valence-electron chi connectivity index (χ4n) is 6.46. The van der Waals surface area contributed by atoms with E-state index in [1.165, 1.54) is 50.5 Å². The smallest absolute Gasteiger partial charge is 0.226 e. The monoisotopic (exact) mass is 460 g/mol. The number of nitrogens with zero attached hydrogens (tertiary/aromatic N) is 6. The highest BCUT2D eigenvalue weighted by molar-refractivity contribution is 5.93. The number of rotatable bonds is 3. The molecule has 34 heavy (non-hydrogen) atoms. The summed E-state index contributed by atoms with van der Waals surface area (Å²) < 4.78 is 2.25. The second-order valence-electron chi connectivity index (χ2n) is 10.8. The number of hydrogen-bond donors (Lipinski definition) is 0.